The molecule has 0 radical (unpaired) electrons. The minimum absolute atomic E-state index is 1.19. The van der Waals surface area contributed by atoms with Crippen LogP contribution in [0.3, 0.4) is 0 Å². The Morgan fingerprint density at radius 2 is 1.81 bits per heavy atom. The van der Waals surface area contributed by atoms with Crippen LogP contribution in [0, 0.1) is 0 Å². The van der Waals surface area contributed by atoms with Gasteiger partial charge >= 0.3 is 103 Å². The molecule has 0 saturated heterocycles. The monoisotopic (exact) mass is 258 g/mol. The van der Waals surface area contributed by atoms with Crippen molar-refractivity contribution in [1.82, 2.24) is 4.90 Å². The van der Waals surface area contributed by atoms with E-state index in [1.807, 2.05) is 0 Å². The first-order valence-corrected chi connectivity index (χ1v) is 13.3. The summed E-state index contributed by atoms with van der Waals surface area (Å²) in [6, 6.07) is 0. The summed E-state index contributed by atoms with van der Waals surface area (Å²) in [5.74, 6) is 0. The fraction of sp³-hybridized carbons (Fsp3) is 0.714. The van der Waals surface area contributed by atoms with E-state index < -0.39 is 15.3 Å². The van der Waals surface area contributed by atoms with Gasteiger partial charge in [0.05, 0.1) is 0 Å². The van der Waals surface area contributed by atoms with Gasteiger partial charge in [-0.05, 0) is 0 Å². The Morgan fingerprint density at radius 1 is 1.19 bits per heavy atom. The predicted octanol–water partition coefficient (Wildman–Crippen LogP) is 4.42. The summed E-state index contributed by atoms with van der Waals surface area (Å²) in [4.78, 5) is 2.56. The van der Waals surface area contributed by atoms with Crippen molar-refractivity contribution in [3.63, 3.8) is 0 Å². The zero-order valence-electron chi connectivity index (χ0n) is 11.7. The van der Waals surface area contributed by atoms with Crippen LogP contribution >= 0.6 is 0 Å². The molecule has 0 amide bonds. The van der Waals surface area contributed by atoms with Gasteiger partial charge in [0.25, 0.3) is 0 Å². The summed E-state index contributed by atoms with van der Waals surface area (Å²) >= 11 is -2.29. The SMILES string of the molecule is CCN(CC)C[CH2][Ti]([CH3])([CH3])([CH3])[C]1=CC=CC1. The van der Waals surface area contributed by atoms with Gasteiger partial charge in [-0.25, -0.2) is 0 Å². The molecule has 0 saturated carbocycles. The molecule has 93 valence electrons. The van der Waals surface area contributed by atoms with E-state index in [4.69, 9.17) is 0 Å². The van der Waals surface area contributed by atoms with E-state index >= 15 is 0 Å². The van der Waals surface area contributed by atoms with Crippen molar-refractivity contribution in [1.29, 1.82) is 0 Å². The van der Waals surface area contributed by atoms with E-state index in [1.165, 1.54) is 30.8 Å². The van der Waals surface area contributed by atoms with Crippen molar-refractivity contribution < 1.29 is 15.3 Å². The van der Waals surface area contributed by atoms with Gasteiger partial charge in [0.1, 0.15) is 0 Å². The fourth-order valence-electron chi connectivity index (χ4n) is 2.38. The molecule has 0 aliphatic heterocycles. The third kappa shape index (κ3) is 3.58. The van der Waals surface area contributed by atoms with Crippen LogP contribution in [-0.4, -0.2) is 24.5 Å². The van der Waals surface area contributed by atoms with Crippen molar-refractivity contribution in [3.05, 3.63) is 22.1 Å². The molecule has 1 aliphatic carbocycles. The maximum atomic E-state index is 2.58. The second-order valence-corrected chi connectivity index (χ2v) is 19.3. The summed E-state index contributed by atoms with van der Waals surface area (Å²) < 4.78 is 3.19. The molecule has 0 bridgehead atoms. The Labute approximate surface area is 102 Å². The van der Waals surface area contributed by atoms with Gasteiger partial charge < -0.3 is 0 Å². The fourth-order valence-corrected chi connectivity index (χ4v) is 7.08. The van der Waals surface area contributed by atoms with Gasteiger partial charge in [-0.15, -0.1) is 0 Å². The quantitative estimate of drug-likeness (QED) is 0.637. The van der Waals surface area contributed by atoms with Gasteiger partial charge in [-0.1, -0.05) is 0 Å². The van der Waals surface area contributed by atoms with Crippen molar-refractivity contribution in [3.8, 4) is 0 Å². The van der Waals surface area contributed by atoms with Gasteiger partial charge in [-0.3, -0.25) is 0 Å². The van der Waals surface area contributed by atoms with E-state index in [2.05, 4.69) is 52.7 Å². The molecule has 0 heterocycles. The van der Waals surface area contributed by atoms with E-state index in [9.17, 15) is 0 Å². The molecule has 0 aromatic heterocycles. The van der Waals surface area contributed by atoms with Crippen molar-refractivity contribution in [2.24, 2.45) is 0 Å². The first kappa shape index (κ1) is 14.2. The predicted molar refractivity (Wildman–Crippen MR) is 72.0 cm³/mol. The van der Waals surface area contributed by atoms with Crippen LogP contribution in [0.15, 0.2) is 22.1 Å². The summed E-state index contributed by atoms with van der Waals surface area (Å²) in [6.07, 6.45) is 8.16. The number of rotatable bonds is 6. The van der Waals surface area contributed by atoms with Gasteiger partial charge in [0, 0.05) is 0 Å². The Balaban J connectivity index is 2.62. The molecule has 1 aliphatic rings. The van der Waals surface area contributed by atoms with E-state index in [-0.39, 0.29) is 0 Å². The molecule has 0 fully saturated rings. The second kappa shape index (κ2) is 5.20. The zero-order chi connectivity index (χ0) is 12.3. The molecule has 0 atom stereocenters. The summed E-state index contributed by atoms with van der Waals surface area (Å²) in [6.45, 7) is 8.20. The number of nitrogens with zero attached hydrogens (tertiary/aromatic N) is 1. The van der Waals surface area contributed by atoms with Crippen molar-refractivity contribution in [2.45, 2.75) is 40.7 Å². The molecule has 1 rings (SSSR count). The van der Waals surface area contributed by atoms with Crippen LogP contribution in [0.4, 0.5) is 0 Å². The Morgan fingerprint density at radius 3 is 2.25 bits per heavy atom. The van der Waals surface area contributed by atoms with Gasteiger partial charge in [0.15, 0.2) is 0 Å². The van der Waals surface area contributed by atoms with E-state index in [0.29, 0.717) is 0 Å². The summed E-state index contributed by atoms with van der Waals surface area (Å²) in [5.41, 5.74) is 0. The number of hydrogen-bond acceptors (Lipinski definition) is 1. The molecule has 2 heteroatoms. The molecule has 0 aromatic carbocycles. The van der Waals surface area contributed by atoms with E-state index in [0.717, 1.165) is 0 Å². The Hall–Kier alpha value is 0.154. The van der Waals surface area contributed by atoms with Crippen molar-refractivity contribution in [2.75, 3.05) is 19.6 Å². The Kier molecular flexibility index (Phi) is 4.62. The zero-order valence-corrected chi connectivity index (χ0v) is 13.3. The van der Waals surface area contributed by atoms with Gasteiger partial charge in [0.2, 0.25) is 0 Å². The Bertz CT molecular complexity index is 290. The molecule has 16 heavy (non-hydrogen) atoms. The van der Waals surface area contributed by atoms with Crippen LogP contribution in [0.5, 0.6) is 0 Å². The minimum atomic E-state index is -2.29. The van der Waals surface area contributed by atoms with Crippen molar-refractivity contribution >= 4 is 0 Å². The van der Waals surface area contributed by atoms with Gasteiger partial charge in [-0.2, -0.15) is 0 Å². The maximum absolute atomic E-state index is 2.58. The van der Waals surface area contributed by atoms with Crippen LogP contribution in [0.2, 0.25) is 20.4 Å². The molecular weight excluding hydrogens is 230 g/mol. The van der Waals surface area contributed by atoms with Crippen LogP contribution in [0.25, 0.3) is 0 Å². The molecule has 0 aromatic rings. The molecule has 1 nitrogen and oxygen atoms in total. The average molecular weight is 258 g/mol. The van der Waals surface area contributed by atoms with Crippen LogP contribution in [0.1, 0.15) is 20.3 Å². The second-order valence-electron chi connectivity index (χ2n) is 6.59. The topological polar surface area (TPSA) is 3.24 Å². The molecule has 0 unspecified atom stereocenters. The summed E-state index contributed by atoms with van der Waals surface area (Å²) in [7, 11) is 0. The van der Waals surface area contributed by atoms with Crippen LogP contribution in [-0.2, 0) is 15.3 Å². The third-order valence-corrected chi connectivity index (χ3v) is 11.5. The first-order valence-electron chi connectivity index (χ1n) is 6.68. The number of allylic oxidation sites excluding steroid dienone is 4. The molecule has 0 spiro atoms. The van der Waals surface area contributed by atoms with Crippen LogP contribution < -0.4 is 0 Å². The standard InChI is InChI=1S/C6H14N.C5H5.3CH3.Ti/c1-4-7(5-2)6-3;1-2-4-5-3-1;;;;/h1,4-6H2,2-3H3;1-3H,4H2;3*1H3;. The third-order valence-electron chi connectivity index (χ3n) is 4.16. The molecule has 0 N–H and O–H groups in total. The number of hydrogen-bond donors (Lipinski definition) is 0. The molecular formula is C14H28NTi. The average Bonchev–Trinajstić information content (AvgIpc) is 2.72. The first-order chi connectivity index (χ1) is 7.37. The summed E-state index contributed by atoms with van der Waals surface area (Å²) in [5, 5.41) is 7.75. The van der Waals surface area contributed by atoms with E-state index in [1.54, 1.807) is 3.88 Å². The normalized spacial score (nSPS) is 18.6.